The van der Waals surface area contributed by atoms with E-state index < -0.39 is 0 Å². The fourth-order valence-electron chi connectivity index (χ4n) is 1.20. The molecule has 0 spiro atoms. The maximum atomic E-state index is 5.31. The quantitative estimate of drug-likeness (QED) is 0.544. The van der Waals surface area contributed by atoms with Crippen LogP contribution in [0.1, 0.15) is 5.56 Å². The third-order valence-electron chi connectivity index (χ3n) is 1.74. The molecule has 1 aromatic rings. The summed E-state index contributed by atoms with van der Waals surface area (Å²) in [6, 6.07) is 8.02. The molecule has 1 heteroatoms. The summed E-state index contributed by atoms with van der Waals surface area (Å²) in [5.41, 5.74) is 2.25. The van der Waals surface area contributed by atoms with E-state index in [9.17, 15) is 0 Å². The molecular weight excluding hydrogens is 136 g/mol. The Morgan fingerprint density at radius 1 is 1.27 bits per heavy atom. The molecule has 11 heavy (non-hydrogen) atoms. The van der Waals surface area contributed by atoms with Gasteiger partial charge in [-0.3, -0.25) is 0 Å². The Bertz CT molecular complexity index is 299. The number of ether oxygens (including phenoxy) is 1. The van der Waals surface area contributed by atoms with Crippen molar-refractivity contribution in [1.29, 1.82) is 0 Å². The highest BCUT2D eigenvalue weighted by Gasteiger charge is 2.07. The van der Waals surface area contributed by atoms with E-state index in [1.165, 1.54) is 5.56 Å². The van der Waals surface area contributed by atoms with E-state index in [1.54, 1.807) is 6.26 Å². The van der Waals surface area contributed by atoms with Crippen LogP contribution in [-0.4, -0.2) is 0 Å². The first kappa shape index (κ1) is 6.47. The molecule has 0 N–H and O–H groups in total. The number of para-hydroxylation sites is 1. The van der Waals surface area contributed by atoms with Crippen LogP contribution in [0.15, 0.2) is 36.1 Å². The van der Waals surface area contributed by atoms with Crippen LogP contribution in [0.5, 0.6) is 5.75 Å². The van der Waals surface area contributed by atoms with Gasteiger partial charge in [-0.15, -0.1) is 0 Å². The number of allylic oxidation sites excluding steroid dienone is 1. The van der Waals surface area contributed by atoms with Crippen molar-refractivity contribution in [2.75, 3.05) is 0 Å². The fraction of sp³-hybridized carbons (Fsp3) is 0.100. The predicted molar refractivity (Wildman–Crippen MR) is 44.2 cm³/mol. The Morgan fingerprint density at radius 3 is 3.00 bits per heavy atom. The van der Waals surface area contributed by atoms with E-state index >= 15 is 0 Å². The zero-order valence-electron chi connectivity index (χ0n) is 6.21. The third kappa shape index (κ3) is 1.14. The van der Waals surface area contributed by atoms with Crippen molar-refractivity contribution in [2.45, 2.75) is 6.42 Å². The van der Waals surface area contributed by atoms with Crippen LogP contribution in [0, 0.1) is 6.92 Å². The second kappa shape index (κ2) is 2.42. The van der Waals surface area contributed by atoms with Gasteiger partial charge < -0.3 is 4.74 Å². The Kier molecular flexibility index (Phi) is 1.42. The van der Waals surface area contributed by atoms with Crippen molar-refractivity contribution in [2.24, 2.45) is 0 Å². The van der Waals surface area contributed by atoms with E-state index in [-0.39, 0.29) is 0 Å². The molecule has 1 aliphatic heterocycles. The SMILES string of the molecule is [CH2]C1=COc2ccccc2C1. The van der Waals surface area contributed by atoms with Gasteiger partial charge in [-0.1, -0.05) is 18.2 Å². The summed E-state index contributed by atoms with van der Waals surface area (Å²) in [5, 5.41) is 0. The van der Waals surface area contributed by atoms with Crippen molar-refractivity contribution in [3.05, 3.63) is 48.6 Å². The highest BCUT2D eigenvalue weighted by atomic mass is 16.5. The van der Waals surface area contributed by atoms with Crippen molar-refractivity contribution >= 4 is 0 Å². The zero-order chi connectivity index (χ0) is 7.68. The standard InChI is InChI=1S/C10H9O/c1-8-6-9-4-2-3-5-10(9)11-7-8/h2-5,7H,1,6H2. The van der Waals surface area contributed by atoms with Gasteiger partial charge in [0.25, 0.3) is 0 Å². The first-order valence-corrected chi connectivity index (χ1v) is 3.62. The molecule has 0 bridgehead atoms. The molecule has 2 rings (SSSR count). The Hall–Kier alpha value is -1.24. The molecule has 55 valence electrons. The monoisotopic (exact) mass is 145 g/mol. The van der Waals surface area contributed by atoms with Crippen LogP contribution in [0.3, 0.4) is 0 Å². The summed E-state index contributed by atoms with van der Waals surface area (Å²) < 4.78 is 5.31. The van der Waals surface area contributed by atoms with Crippen molar-refractivity contribution in [3.8, 4) is 5.75 Å². The van der Waals surface area contributed by atoms with Crippen molar-refractivity contribution < 1.29 is 4.74 Å². The molecule has 1 aromatic carbocycles. The van der Waals surface area contributed by atoms with Gasteiger partial charge in [-0.2, -0.15) is 0 Å². The maximum Gasteiger partial charge on any atom is 0.130 e. The molecule has 0 saturated carbocycles. The maximum absolute atomic E-state index is 5.31. The van der Waals surface area contributed by atoms with Gasteiger partial charge in [0.2, 0.25) is 0 Å². The van der Waals surface area contributed by atoms with Crippen LogP contribution < -0.4 is 4.74 Å². The molecule has 0 amide bonds. The second-order valence-corrected chi connectivity index (χ2v) is 2.68. The largest absolute Gasteiger partial charge is 0.465 e. The van der Waals surface area contributed by atoms with Gasteiger partial charge in [-0.05, 0) is 24.1 Å². The van der Waals surface area contributed by atoms with Crippen LogP contribution in [0.4, 0.5) is 0 Å². The van der Waals surface area contributed by atoms with Gasteiger partial charge in [0.1, 0.15) is 5.75 Å². The van der Waals surface area contributed by atoms with Crippen LogP contribution in [0.2, 0.25) is 0 Å². The summed E-state index contributed by atoms with van der Waals surface area (Å²) in [6.45, 7) is 3.83. The zero-order valence-corrected chi connectivity index (χ0v) is 6.21. The Morgan fingerprint density at radius 2 is 2.09 bits per heavy atom. The number of hydrogen-bond donors (Lipinski definition) is 0. The molecule has 0 fully saturated rings. The molecule has 0 aromatic heterocycles. The number of hydrogen-bond acceptors (Lipinski definition) is 1. The minimum absolute atomic E-state index is 0.913. The number of fused-ring (bicyclic) bond motifs is 1. The average Bonchev–Trinajstić information content (AvgIpc) is 2.04. The lowest BCUT2D eigenvalue weighted by Gasteiger charge is -2.13. The minimum Gasteiger partial charge on any atom is -0.465 e. The first-order chi connectivity index (χ1) is 5.36. The van der Waals surface area contributed by atoms with E-state index in [0.29, 0.717) is 0 Å². The van der Waals surface area contributed by atoms with Crippen molar-refractivity contribution in [3.63, 3.8) is 0 Å². The molecule has 0 atom stereocenters. The Labute approximate surface area is 66.3 Å². The first-order valence-electron chi connectivity index (χ1n) is 3.62. The number of benzene rings is 1. The highest BCUT2D eigenvalue weighted by Crippen LogP contribution is 2.24. The smallest absolute Gasteiger partial charge is 0.130 e. The Balaban J connectivity index is 2.42. The summed E-state index contributed by atoms with van der Waals surface area (Å²) in [5.74, 6) is 0.958. The van der Waals surface area contributed by atoms with Crippen molar-refractivity contribution in [1.82, 2.24) is 0 Å². The topological polar surface area (TPSA) is 9.23 Å². The van der Waals surface area contributed by atoms with Gasteiger partial charge in [0.15, 0.2) is 0 Å². The summed E-state index contributed by atoms with van der Waals surface area (Å²) in [6.07, 6.45) is 2.62. The second-order valence-electron chi connectivity index (χ2n) is 2.68. The molecule has 1 radical (unpaired) electrons. The third-order valence-corrected chi connectivity index (χ3v) is 1.74. The number of rotatable bonds is 0. The molecule has 0 unspecified atom stereocenters. The summed E-state index contributed by atoms with van der Waals surface area (Å²) in [4.78, 5) is 0. The lowest BCUT2D eigenvalue weighted by molar-refractivity contribution is 0.459. The lowest BCUT2D eigenvalue weighted by Crippen LogP contribution is -1.99. The normalized spacial score (nSPS) is 14.8. The van der Waals surface area contributed by atoms with E-state index in [4.69, 9.17) is 4.74 Å². The highest BCUT2D eigenvalue weighted by molar-refractivity contribution is 5.39. The molecule has 1 aliphatic rings. The molecule has 1 nitrogen and oxygen atoms in total. The molecule has 0 saturated heterocycles. The van der Waals surface area contributed by atoms with Crippen LogP contribution in [-0.2, 0) is 6.42 Å². The van der Waals surface area contributed by atoms with Gasteiger partial charge in [0.05, 0.1) is 6.26 Å². The summed E-state index contributed by atoms with van der Waals surface area (Å²) >= 11 is 0. The van der Waals surface area contributed by atoms with Gasteiger partial charge >= 0.3 is 0 Å². The minimum atomic E-state index is 0.913. The van der Waals surface area contributed by atoms with Gasteiger partial charge in [0, 0.05) is 6.42 Å². The average molecular weight is 145 g/mol. The van der Waals surface area contributed by atoms with E-state index in [1.807, 2.05) is 18.2 Å². The molecule has 1 heterocycles. The molecule has 0 aliphatic carbocycles. The predicted octanol–water partition coefficient (Wildman–Crippen LogP) is 2.34. The lowest BCUT2D eigenvalue weighted by atomic mass is 10.1. The van der Waals surface area contributed by atoms with Crippen LogP contribution in [0.25, 0.3) is 0 Å². The summed E-state index contributed by atoms with van der Waals surface area (Å²) in [7, 11) is 0. The van der Waals surface area contributed by atoms with Gasteiger partial charge in [-0.25, -0.2) is 0 Å². The van der Waals surface area contributed by atoms with E-state index in [2.05, 4.69) is 13.0 Å². The fourth-order valence-corrected chi connectivity index (χ4v) is 1.20. The van der Waals surface area contributed by atoms with Crippen LogP contribution >= 0.6 is 0 Å². The van der Waals surface area contributed by atoms with E-state index in [0.717, 1.165) is 17.7 Å². The molecular formula is C10H9O.